The first-order valence-electron chi connectivity index (χ1n) is 11.3. The highest BCUT2D eigenvalue weighted by molar-refractivity contribution is 8.18. The van der Waals surface area contributed by atoms with E-state index in [0.717, 1.165) is 28.5 Å². The molecule has 1 N–H and O–H groups in total. The summed E-state index contributed by atoms with van der Waals surface area (Å²) < 4.78 is 11.1. The molecule has 1 heterocycles. The van der Waals surface area contributed by atoms with Crippen molar-refractivity contribution >= 4 is 40.6 Å². The van der Waals surface area contributed by atoms with Crippen molar-refractivity contribution in [1.29, 1.82) is 0 Å². The van der Waals surface area contributed by atoms with Gasteiger partial charge in [-0.25, -0.2) is 0 Å². The van der Waals surface area contributed by atoms with Crippen LogP contribution in [0.2, 0.25) is 0 Å². The number of imide groups is 1. The Hall–Kier alpha value is -4.04. The Balaban J connectivity index is 1.42. The smallest absolute Gasteiger partial charge is 0.293 e. The minimum atomic E-state index is -0.335. The summed E-state index contributed by atoms with van der Waals surface area (Å²) in [7, 11) is 1.49. The first-order valence-corrected chi connectivity index (χ1v) is 12.1. The summed E-state index contributed by atoms with van der Waals surface area (Å²) in [5.41, 5.74) is 4.37. The molecule has 1 aliphatic heterocycles. The number of hydrogen-bond donors (Lipinski definition) is 1. The van der Waals surface area contributed by atoms with Gasteiger partial charge in [-0.1, -0.05) is 48.0 Å². The Labute approximate surface area is 214 Å². The molecular formula is C28H26N2O5S. The summed E-state index contributed by atoms with van der Waals surface area (Å²) in [6.07, 6.45) is 1.65. The lowest BCUT2D eigenvalue weighted by Gasteiger charge is -2.13. The van der Waals surface area contributed by atoms with Crippen LogP contribution in [0.25, 0.3) is 6.08 Å². The van der Waals surface area contributed by atoms with E-state index >= 15 is 0 Å². The van der Waals surface area contributed by atoms with Gasteiger partial charge in [0, 0.05) is 5.69 Å². The van der Waals surface area contributed by atoms with Crippen LogP contribution in [0.15, 0.2) is 71.6 Å². The molecule has 0 spiro atoms. The topological polar surface area (TPSA) is 84.9 Å². The standard InChI is InChI=1S/C28H26N2O5S/c1-18-6-4-8-21(12-18)16-30-27(32)25(36-28(30)33)15-20-10-11-23(24(14-20)34-3)35-17-26(31)29-22-9-5-7-19(2)13-22/h4-15H,16-17H2,1-3H3,(H,29,31)/b25-15-. The van der Waals surface area contributed by atoms with Gasteiger partial charge in [-0.2, -0.15) is 0 Å². The number of amides is 3. The van der Waals surface area contributed by atoms with Crippen LogP contribution in [0, 0.1) is 13.8 Å². The molecule has 0 saturated carbocycles. The van der Waals surface area contributed by atoms with Crippen molar-refractivity contribution in [2.24, 2.45) is 0 Å². The van der Waals surface area contributed by atoms with Crippen LogP contribution in [0.1, 0.15) is 22.3 Å². The van der Waals surface area contributed by atoms with Crippen LogP contribution in [0.3, 0.4) is 0 Å². The van der Waals surface area contributed by atoms with E-state index in [0.29, 0.717) is 27.7 Å². The van der Waals surface area contributed by atoms with Crippen LogP contribution < -0.4 is 14.8 Å². The molecule has 1 aliphatic rings. The van der Waals surface area contributed by atoms with Gasteiger partial charge >= 0.3 is 0 Å². The fourth-order valence-corrected chi connectivity index (χ4v) is 4.58. The summed E-state index contributed by atoms with van der Waals surface area (Å²) in [6.45, 7) is 3.95. The average Bonchev–Trinajstić information content (AvgIpc) is 3.10. The highest BCUT2D eigenvalue weighted by Gasteiger charge is 2.35. The summed E-state index contributed by atoms with van der Waals surface area (Å²) in [5.74, 6) is 0.167. The minimum absolute atomic E-state index is 0.193. The zero-order chi connectivity index (χ0) is 25.7. The van der Waals surface area contributed by atoms with E-state index in [1.54, 1.807) is 24.3 Å². The van der Waals surface area contributed by atoms with Crippen molar-refractivity contribution in [3.63, 3.8) is 0 Å². The lowest BCUT2D eigenvalue weighted by Crippen LogP contribution is -2.27. The van der Waals surface area contributed by atoms with E-state index in [4.69, 9.17) is 9.47 Å². The molecule has 184 valence electrons. The van der Waals surface area contributed by atoms with E-state index in [1.165, 1.54) is 12.0 Å². The minimum Gasteiger partial charge on any atom is -0.493 e. The third-order valence-corrected chi connectivity index (χ3v) is 6.35. The highest BCUT2D eigenvalue weighted by atomic mass is 32.2. The van der Waals surface area contributed by atoms with Crippen molar-refractivity contribution in [1.82, 2.24) is 4.90 Å². The molecule has 0 aliphatic carbocycles. The molecule has 4 rings (SSSR count). The number of nitrogens with one attached hydrogen (secondary N) is 1. The van der Waals surface area contributed by atoms with Crippen molar-refractivity contribution in [3.05, 3.63) is 93.9 Å². The first kappa shape index (κ1) is 25.1. The number of methoxy groups -OCH3 is 1. The number of benzene rings is 3. The number of nitrogens with zero attached hydrogens (tertiary/aromatic N) is 1. The second-order valence-electron chi connectivity index (χ2n) is 8.37. The molecule has 1 saturated heterocycles. The zero-order valence-electron chi connectivity index (χ0n) is 20.2. The molecule has 8 heteroatoms. The van der Waals surface area contributed by atoms with E-state index in [2.05, 4.69) is 5.32 Å². The number of rotatable bonds is 8. The van der Waals surface area contributed by atoms with Gasteiger partial charge in [-0.3, -0.25) is 19.3 Å². The molecular weight excluding hydrogens is 476 g/mol. The second-order valence-corrected chi connectivity index (χ2v) is 9.37. The number of ether oxygens (including phenoxy) is 2. The molecule has 0 bridgehead atoms. The third-order valence-electron chi connectivity index (χ3n) is 5.44. The normalized spacial score (nSPS) is 14.3. The Bertz CT molecular complexity index is 1350. The molecule has 36 heavy (non-hydrogen) atoms. The number of anilines is 1. The predicted molar refractivity (Wildman–Crippen MR) is 141 cm³/mol. The van der Waals surface area contributed by atoms with Crippen LogP contribution in [0.4, 0.5) is 10.5 Å². The predicted octanol–water partition coefficient (Wildman–Crippen LogP) is 5.57. The molecule has 3 aromatic carbocycles. The van der Waals surface area contributed by atoms with Gasteiger partial charge in [0.15, 0.2) is 18.1 Å². The van der Waals surface area contributed by atoms with Crippen molar-refractivity contribution < 1.29 is 23.9 Å². The van der Waals surface area contributed by atoms with Gasteiger partial charge in [0.2, 0.25) is 0 Å². The second kappa shape index (κ2) is 11.1. The fourth-order valence-electron chi connectivity index (χ4n) is 3.74. The Morgan fingerprint density at radius 3 is 2.44 bits per heavy atom. The Morgan fingerprint density at radius 2 is 1.72 bits per heavy atom. The molecule has 0 radical (unpaired) electrons. The highest BCUT2D eigenvalue weighted by Crippen LogP contribution is 2.35. The molecule has 0 atom stereocenters. The summed E-state index contributed by atoms with van der Waals surface area (Å²) in [4.78, 5) is 39.2. The number of carbonyl (C=O) groups is 3. The molecule has 0 aromatic heterocycles. The lowest BCUT2D eigenvalue weighted by atomic mass is 10.1. The van der Waals surface area contributed by atoms with E-state index in [9.17, 15) is 14.4 Å². The number of hydrogen-bond acceptors (Lipinski definition) is 6. The molecule has 7 nitrogen and oxygen atoms in total. The fraction of sp³-hybridized carbons (Fsp3) is 0.179. The number of aryl methyl sites for hydroxylation is 2. The van der Waals surface area contributed by atoms with Crippen molar-refractivity contribution in [3.8, 4) is 11.5 Å². The van der Waals surface area contributed by atoms with Crippen LogP contribution >= 0.6 is 11.8 Å². The van der Waals surface area contributed by atoms with Gasteiger partial charge in [-0.15, -0.1) is 0 Å². The van der Waals surface area contributed by atoms with Crippen molar-refractivity contribution in [2.45, 2.75) is 20.4 Å². The molecule has 1 fully saturated rings. The van der Waals surface area contributed by atoms with Gasteiger partial charge in [0.05, 0.1) is 18.6 Å². The molecule has 3 amide bonds. The van der Waals surface area contributed by atoms with Crippen molar-refractivity contribution in [2.75, 3.05) is 19.0 Å². The van der Waals surface area contributed by atoms with Gasteiger partial charge < -0.3 is 14.8 Å². The maximum atomic E-state index is 12.9. The molecule has 0 unspecified atom stereocenters. The van der Waals surface area contributed by atoms with Gasteiger partial charge in [-0.05, 0) is 72.6 Å². The first-order chi connectivity index (χ1) is 17.3. The van der Waals surface area contributed by atoms with E-state index in [1.807, 2.05) is 62.4 Å². The van der Waals surface area contributed by atoms with Gasteiger partial charge in [0.25, 0.3) is 17.1 Å². The number of carbonyl (C=O) groups excluding carboxylic acids is 3. The average molecular weight is 503 g/mol. The lowest BCUT2D eigenvalue weighted by molar-refractivity contribution is -0.123. The maximum absolute atomic E-state index is 12.9. The maximum Gasteiger partial charge on any atom is 0.293 e. The Morgan fingerprint density at radius 1 is 0.972 bits per heavy atom. The van der Waals surface area contributed by atoms with E-state index < -0.39 is 0 Å². The van der Waals surface area contributed by atoms with Crippen LogP contribution in [-0.2, 0) is 16.1 Å². The zero-order valence-corrected chi connectivity index (χ0v) is 21.1. The quantitative estimate of drug-likeness (QED) is 0.406. The van der Waals surface area contributed by atoms with Gasteiger partial charge in [0.1, 0.15) is 0 Å². The monoisotopic (exact) mass is 502 g/mol. The molecule has 3 aromatic rings. The van der Waals surface area contributed by atoms with E-state index in [-0.39, 0.29) is 30.2 Å². The summed E-state index contributed by atoms with van der Waals surface area (Å²) in [6, 6.07) is 20.3. The third kappa shape index (κ3) is 6.14. The number of thioether (sulfide) groups is 1. The summed E-state index contributed by atoms with van der Waals surface area (Å²) in [5, 5.41) is 2.49. The van der Waals surface area contributed by atoms with Crippen LogP contribution in [0.5, 0.6) is 11.5 Å². The largest absolute Gasteiger partial charge is 0.493 e. The SMILES string of the molecule is COc1cc(/C=C2\SC(=O)N(Cc3cccc(C)c3)C2=O)ccc1OCC(=O)Nc1cccc(C)c1. The Kier molecular flexibility index (Phi) is 7.75. The summed E-state index contributed by atoms with van der Waals surface area (Å²) >= 11 is 0.907. The van der Waals surface area contributed by atoms with Crippen LogP contribution in [-0.4, -0.2) is 35.7 Å².